The molecule has 0 fully saturated rings. The zero-order chi connectivity index (χ0) is 16.8. The fourth-order valence-electron chi connectivity index (χ4n) is 2.33. The van der Waals surface area contributed by atoms with Crippen molar-refractivity contribution in [3.8, 4) is 11.5 Å². The van der Waals surface area contributed by atoms with E-state index in [0.29, 0.717) is 34.7 Å². The number of rotatable bonds is 6. The summed E-state index contributed by atoms with van der Waals surface area (Å²) in [4.78, 5) is 14.6. The van der Waals surface area contributed by atoms with Crippen LogP contribution in [-0.2, 0) is 0 Å². The van der Waals surface area contributed by atoms with Gasteiger partial charge in [0.15, 0.2) is 11.5 Å². The van der Waals surface area contributed by atoms with E-state index < -0.39 is 0 Å². The van der Waals surface area contributed by atoms with Crippen LogP contribution in [0, 0.1) is 0 Å². The van der Waals surface area contributed by atoms with E-state index in [1.807, 2.05) is 44.2 Å². The molecule has 0 radical (unpaired) electrons. The van der Waals surface area contributed by atoms with Gasteiger partial charge in [-0.15, -0.1) is 0 Å². The van der Waals surface area contributed by atoms with Crippen molar-refractivity contribution >= 4 is 27.5 Å². The summed E-state index contributed by atoms with van der Waals surface area (Å²) in [6, 6.07) is 13.1. The largest absolute Gasteiger partial charge is 0.493 e. The van der Waals surface area contributed by atoms with Crippen LogP contribution in [0.25, 0.3) is 0 Å². The summed E-state index contributed by atoms with van der Waals surface area (Å²) in [5.41, 5.74) is 1.41. The van der Waals surface area contributed by atoms with Gasteiger partial charge in [-0.25, -0.2) is 0 Å². The highest BCUT2D eigenvalue weighted by atomic mass is 79.9. The third-order valence-corrected chi connectivity index (χ3v) is 3.98. The molecule has 0 aliphatic rings. The van der Waals surface area contributed by atoms with Crippen molar-refractivity contribution in [2.75, 3.05) is 25.2 Å². The summed E-state index contributed by atoms with van der Waals surface area (Å²) in [7, 11) is 1.56. The quantitative estimate of drug-likeness (QED) is 0.742. The minimum absolute atomic E-state index is 0.0826. The van der Waals surface area contributed by atoms with E-state index in [0.717, 1.165) is 5.69 Å². The van der Waals surface area contributed by atoms with Gasteiger partial charge in [-0.3, -0.25) is 4.79 Å². The van der Waals surface area contributed by atoms with Crippen LogP contribution in [0.2, 0.25) is 0 Å². The Morgan fingerprint density at radius 1 is 1.17 bits per heavy atom. The smallest absolute Gasteiger partial charge is 0.258 e. The number of hydrogen-bond acceptors (Lipinski definition) is 3. The van der Waals surface area contributed by atoms with Crippen molar-refractivity contribution in [3.05, 3.63) is 52.5 Å². The van der Waals surface area contributed by atoms with E-state index in [1.54, 1.807) is 24.1 Å². The zero-order valence-electron chi connectivity index (χ0n) is 13.5. The second-order valence-corrected chi connectivity index (χ2v) is 5.66. The lowest BCUT2D eigenvalue weighted by Gasteiger charge is -2.22. The third-order valence-electron chi connectivity index (χ3n) is 3.39. The second-order valence-electron chi connectivity index (χ2n) is 4.81. The average Bonchev–Trinajstić information content (AvgIpc) is 2.58. The summed E-state index contributed by atoms with van der Waals surface area (Å²) in [6.07, 6.45) is 0. The molecule has 4 nitrogen and oxygen atoms in total. The number of nitrogens with zero attached hydrogens (tertiary/aromatic N) is 1. The molecule has 0 saturated carbocycles. The van der Waals surface area contributed by atoms with Crippen LogP contribution in [-0.4, -0.2) is 26.2 Å². The molecule has 2 aromatic rings. The topological polar surface area (TPSA) is 38.8 Å². The van der Waals surface area contributed by atoms with Crippen molar-refractivity contribution in [2.45, 2.75) is 13.8 Å². The first kappa shape index (κ1) is 17.3. The van der Waals surface area contributed by atoms with E-state index in [9.17, 15) is 4.79 Å². The lowest BCUT2D eigenvalue weighted by Crippen LogP contribution is -2.30. The molecule has 0 aliphatic carbocycles. The Kier molecular flexibility index (Phi) is 6.04. The lowest BCUT2D eigenvalue weighted by atomic mass is 10.1. The highest BCUT2D eigenvalue weighted by Crippen LogP contribution is 2.37. The predicted molar refractivity (Wildman–Crippen MR) is 95.7 cm³/mol. The molecule has 122 valence electrons. The predicted octanol–water partition coefficient (Wildman–Crippen LogP) is 4.52. The van der Waals surface area contributed by atoms with E-state index in [4.69, 9.17) is 9.47 Å². The molecule has 0 heterocycles. The zero-order valence-corrected chi connectivity index (χ0v) is 15.1. The molecule has 0 aromatic heterocycles. The number of benzene rings is 2. The molecule has 0 saturated heterocycles. The Morgan fingerprint density at radius 2 is 1.87 bits per heavy atom. The van der Waals surface area contributed by atoms with Gasteiger partial charge in [0.25, 0.3) is 5.91 Å². The monoisotopic (exact) mass is 377 g/mol. The van der Waals surface area contributed by atoms with Crippen molar-refractivity contribution in [1.29, 1.82) is 0 Å². The minimum atomic E-state index is -0.0826. The third kappa shape index (κ3) is 3.85. The number of ether oxygens (including phenoxy) is 2. The van der Waals surface area contributed by atoms with E-state index >= 15 is 0 Å². The molecule has 0 spiro atoms. The summed E-state index contributed by atoms with van der Waals surface area (Å²) in [6.45, 7) is 4.95. The number of halogens is 1. The van der Waals surface area contributed by atoms with Gasteiger partial charge in [0.2, 0.25) is 0 Å². The number of amides is 1. The first-order valence-electron chi connectivity index (χ1n) is 7.49. The molecule has 2 rings (SSSR count). The van der Waals surface area contributed by atoms with Gasteiger partial charge in [0.05, 0.1) is 18.2 Å². The first-order chi connectivity index (χ1) is 11.1. The van der Waals surface area contributed by atoms with E-state index in [-0.39, 0.29) is 5.91 Å². The number of carbonyl (C=O) groups is 1. The summed E-state index contributed by atoms with van der Waals surface area (Å²) in [5.74, 6) is 1.06. The molecular weight excluding hydrogens is 358 g/mol. The van der Waals surface area contributed by atoms with Gasteiger partial charge in [0.1, 0.15) is 0 Å². The van der Waals surface area contributed by atoms with Gasteiger partial charge in [-0.2, -0.15) is 0 Å². The molecule has 0 unspecified atom stereocenters. The molecule has 0 atom stereocenters. The number of methoxy groups -OCH3 is 1. The Hall–Kier alpha value is -2.01. The molecule has 1 amide bonds. The van der Waals surface area contributed by atoms with Crippen molar-refractivity contribution < 1.29 is 14.3 Å². The molecule has 0 N–H and O–H groups in total. The van der Waals surface area contributed by atoms with Crippen LogP contribution >= 0.6 is 15.9 Å². The van der Waals surface area contributed by atoms with Gasteiger partial charge in [-0.05, 0) is 54.0 Å². The standard InChI is InChI=1S/C18H20BrNO3/c1-4-20(14-9-7-6-8-10-14)18(21)13-11-15(19)17(23-5-2)16(12-13)22-3/h6-12H,4-5H2,1-3H3. The van der Waals surface area contributed by atoms with Crippen LogP contribution in [0.1, 0.15) is 24.2 Å². The Labute approximate surface area is 145 Å². The molecule has 23 heavy (non-hydrogen) atoms. The Morgan fingerprint density at radius 3 is 2.43 bits per heavy atom. The molecule has 0 bridgehead atoms. The SMILES string of the molecule is CCOc1c(Br)cc(C(=O)N(CC)c2ccccc2)cc1OC. The maximum absolute atomic E-state index is 12.9. The lowest BCUT2D eigenvalue weighted by molar-refractivity contribution is 0.0988. The minimum Gasteiger partial charge on any atom is -0.493 e. The fraction of sp³-hybridized carbons (Fsp3) is 0.278. The first-order valence-corrected chi connectivity index (χ1v) is 8.28. The van der Waals surface area contributed by atoms with Crippen LogP contribution in [0.15, 0.2) is 46.9 Å². The van der Waals surface area contributed by atoms with Crippen LogP contribution in [0.3, 0.4) is 0 Å². The fourth-order valence-corrected chi connectivity index (χ4v) is 2.89. The van der Waals surface area contributed by atoms with Gasteiger partial charge < -0.3 is 14.4 Å². The van der Waals surface area contributed by atoms with Crippen LogP contribution in [0.4, 0.5) is 5.69 Å². The molecule has 2 aromatic carbocycles. The molecular formula is C18H20BrNO3. The van der Waals surface area contributed by atoms with Crippen LogP contribution < -0.4 is 14.4 Å². The number of anilines is 1. The average molecular weight is 378 g/mol. The van der Waals surface area contributed by atoms with Gasteiger partial charge in [-0.1, -0.05) is 18.2 Å². The summed E-state index contributed by atoms with van der Waals surface area (Å²) < 4.78 is 11.6. The Bertz CT molecular complexity index is 673. The van der Waals surface area contributed by atoms with Gasteiger partial charge >= 0.3 is 0 Å². The number of hydrogen-bond donors (Lipinski definition) is 0. The van der Waals surface area contributed by atoms with Crippen LogP contribution in [0.5, 0.6) is 11.5 Å². The maximum atomic E-state index is 12.9. The number of carbonyl (C=O) groups excluding carboxylic acids is 1. The summed E-state index contributed by atoms with van der Waals surface area (Å²) in [5, 5.41) is 0. The van der Waals surface area contributed by atoms with Gasteiger partial charge in [0, 0.05) is 17.8 Å². The molecule has 5 heteroatoms. The highest BCUT2D eigenvalue weighted by molar-refractivity contribution is 9.10. The van der Waals surface area contributed by atoms with Crippen molar-refractivity contribution in [2.24, 2.45) is 0 Å². The number of para-hydroxylation sites is 1. The van der Waals surface area contributed by atoms with Crippen molar-refractivity contribution in [3.63, 3.8) is 0 Å². The van der Waals surface area contributed by atoms with Crippen molar-refractivity contribution in [1.82, 2.24) is 0 Å². The maximum Gasteiger partial charge on any atom is 0.258 e. The molecule has 0 aliphatic heterocycles. The second kappa shape index (κ2) is 8.02. The van der Waals surface area contributed by atoms with E-state index in [2.05, 4.69) is 15.9 Å². The Balaban J connectivity index is 2.40. The highest BCUT2D eigenvalue weighted by Gasteiger charge is 2.20. The summed E-state index contributed by atoms with van der Waals surface area (Å²) >= 11 is 3.46. The van der Waals surface area contributed by atoms with E-state index in [1.165, 1.54) is 0 Å². The normalized spacial score (nSPS) is 10.3.